The molecule has 2 aromatic carbocycles. The number of phenols is 1. The summed E-state index contributed by atoms with van der Waals surface area (Å²) < 4.78 is 0.833. The van der Waals surface area contributed by atoms with Crippen molar-refractivity contribution in [1.82, 2.24) is 15.0 Å². The van der Waals surface area contributed by atoms with Gasteiger partial charge >= 0.3 is 5.69 Å². The van der Waals surface area contributed by atoms with E-state index in [4.69, 9.17) is 11.6 Å². The lowest BCUT2D eigenvalue weighted by molar-refractivity contribution is 0.0952. The zero-order valence-electron chi connectivity index (χ0n) is 14.1. The summed E-state index contributed by atoms with van der Waals surface area (Å²) >= 11 is 5.90. The Morgan fingerprint density at radius 3 is 2.61 bits per heavy atom. The Kier molecular flexibility index (Phi) is 5.28. The van der Waals surface area contributed by atoms with Gasteiger partial charge in [0.05, 0.1) is 17.5 Å². The highest BCUT2D eigenvalue weighted by atomic mass is 35.5. The molecule has 28 heavy (non-hydrogen) atoms. The quantitative estimate of drug-likeness (QED) is 0.387. The number of H-pyrrole nitrogens is 1. The molecule has 0 aliphatic carbocycles. The first kappa shape index (κ1) is 18.9. The molecule has 0 aliphatic rings. The molecule has 3 aromatic rings. The van der Waals surface area contributed by atoms with Crippen molar-refractivity contribution in [3.05, 3.63) is 85.5 Å². The van der Waals surface area contributed by atoms with E-state index in [2.05, 4.69) is 10.5 Å². The van der Waals surface area contributed by atoms with E-state index in [0.29, 0.717) is 5.02 Å². The first-order valence-corrected chi connectivity index (χ1v) is 8.22. The number of nitrogens with zero attached hydrogens (tertiary/aromatic N) is 2. The van der Waals surface area contributed by atoms with Crippen LogP contribution in [0, 0.1) is 0 Å². The van der Waals surface area contributed by atoms with E-state index in [0.717, 1.165) is 10.8 Å². The predicted molar refractivity (Wildman–Crippen MR) is 103 cm³/mol. The summed E-state index contributed by atoms with van der Waals surface area (Å²) in [6.45, 7) is 0. The molecule has 4 N–H and O–H groups in total. The number of aromatic nitrogens is 2. The van der Waals surface area contributed by atoms with Crippen molar-refractivity contribution in [3.8, 4) is 17.3 Å². The highest BCUT2D eigenvalue weighted by Gasteiger charge is 2.15. The average Bonchev–Trinajstić information content (AvgIpc) is 2.64. The van der Waals surface area contributed by atoms with Crippen molar-refractivity contribution < 1.29 is 15.0 Å². The maximum atomic E-state index is 12.1. The Morgan fingerprint density at radius 1 is 1.14 bits per heavy atom. The predicted octanol–water partition coefficient (Wildman–Crippen LogP) is 1.35. The minimum absolute atomic E-state index is 0.0262. The summed E-state index contributed by atoms with van der Waals surface area (Å²) in [4.78, 5) is 38.2. The monoisotopic (exact) mass is 400 g/mol. The van der Waals surface area contributed by atoms with Gasteiger partial charge in [-0.15, -0.1) is 0 Å². The van der Waals surface area contributed by atoms with Crippen molar-refractivity contribution in [2.75, 3.05) is 0 Å². The van der Waals surface area contributed by atoms with E-state index in [1.807, 2.05) is 4.98 Å². The summed E-state index contributed by atoms with van der Waals surface area (Å²) in [5, 5.41) is 23.9. The number of halogens is 1. The molecule has 9 nitrogen and oxygen atoms in total. The van der Waals surface area contributed by atoms with Crippen LogP contribution in [0.3, 0.4) is 0 Å². The number of para-hydroxylation sites is 1. The molecule has 0 unspecified atom stereocenters. The van der Waals surface area contributed by atoms with E-state index in [1.165, 1.54) is 24.3 Å². The minimum Gasteiger partial charge on any atom is -0.507 e. The lowest BCUT2D eigenvalue weighted by Crippen LogP contribution is -2.31. The molecule has 0 atom stereocenters. The summed E-state index contributed by atoms with van der Waals surface area (Å²) in [7, 11) is 0. The maximum absolute atomic E-state index is 12.1. The number of hydrogen-bond donors (Lipinski definition) is 4. The van der Waals surface area contributed by atoms with Gasteiger partial charge in [-0.25, -0.2) is 14.8 Å². The molecule has 10 heteroatoms. The van der Waals surface area contributed by atoms with Crippen LogP contribution in [0.2, 0.25) is 5.02 Å². The van der Waals surface area contributed by atoms with Crippen LogP contribution < -0.4 is 16.7 Å². The normalized spacial score (nSPS) is 10.9. The average molecular weight is 401 g/mol. The third kappa shape index (κ3) is 3.79. The Bertz CT molecular complexity index is 1200. The fraction of sp³-hybridized carbons (Fsp3) is 0. The number of nitrogens with one attached hydrogen (secondary N) is 2. The number of benzene rings is 2. The smallest absolute Gasteiger partial charge is 0.335 e. The van der Waals surface area contributed by atoms with Gasteiger partial charge in [0.2, 0.25) is 5.88 Å². The fourth-order valence-corrected chi connectivity index (χ4v) is 2.58. The van der Waals surface area contributed by atoms with Crippen LogP contribution in [0.25, 0.3) is 5.69 Å². The van der Waals surface area contributed by atoms with Crippen LogP contribution >= 0.6 is 11.6 Å². The molecule has 0 bridgehead atoms. The van der Waals surface area contributed by atoms with Gasteiger partial charge in [-0.2, -0.15) is 5.10 Å². The van der Waals surface area contributed by atoms with E-state index in [1.54, 1.807) is 24.3 Å². The zero-order valence-corrected chi connectivity index (χ0v) is 14.8. The van der Waals surface area contributed by atoms with Gasteiger partial charge in [0.1, 0.15) is 11.3 Å². The highest BCUT2D eigenvalue weighted by molar-refractivity contribution is 6.30. The third-order valence-electron chi connectivity index (χ3n) is 3.70. The summed E-state index contributed by atoms with van der Waals surface area (Å²) in [6, 6.07) is 11.9. The standard InChI is InChI=1S/C18H13ClN4O5/c19-10-4-3-5-11(8-10)23-17(27)13(15(25)21-18(23)28)9-20-22-16(26)12-6-1-2-7-14(12)24/h1-9,24,27H,(H,22,26)(H,21,25,28)/b20-9+. The molecular weight excluding hydrogens is 388 g/mol. The van der Waals surface area contributed by atoms with Crippen LogP contribution in [0.15, 0.2) is 63.2 Å². The van der Waals surface area contributed by atoms with Crippen molar-refractivity contribution in [2.24, 2.45) is 5.10 Å². The Labute approximate surface area is 162 Å². The lowest BCUT2D eigenvalue weighted by atomic mass is 10.2. The highest BCUT2D eigenvalue weighted by Crippen LogP contribution is 2.19. The van der Waals surface area contributed by atoms with E-state index in [9.17, 15) is 24.6 Å². The van der Waals surface area contributed by atoms with Crippen molar-refractivity contribution in [3.63, 3.8) is 0 Å². The molecule has 0 aliphatic heterocycles. The fourth-order valence-electron chi connectivity index (χ4n) is 2.39. The SMILES string of the molecule is O=C(N/N=C/c1c(O)n(-c2cccc(Cl)c2)c(=O)[nH]c1=O)c1ccccc1O. The van der Waals surface area contributed by atoms with Gasteiger partial charge in [-0.05, 0) is 30.3 Å². The molecular formula is C18H13ClN4O5. The molecule has 0 saturated carbocycles. The second kappa shape index (κ2) is 7.80. The van der Waals surface area contributed by atoms with E-state index >= 15 is 0 Å². The van der Waals surface area contributed by atoms with Crippen LogP contribution in [-0.2, 0) is 0 Å². The van der Waals surface area contributed by atoms with Gasteiger partial charge in [0.25, 0.3) is 11.5 Å². The van der Waals surface area contributed by atoms with Gasteiger partial charge in [-0.3, -0.25) is 14.6 Å². The molecule has 0 fully saturated rings. The number of phenolic OH excluding ortho intramolecular Hbond substituents is 1. The molecule has 3 rings (SSSR count). The molecule has 0 radical (unpaired) electrons. The third-order valence-corrected chi connectivity index (χ3v) is 3.93. The van der Waals surface area contributed by atoms with Gasteiger partial charge in [0.15, 0.2) is 0 Å². The van der Waals surface area contributed by atoms with Crippen LogP contribution in [0.5, 0.6) is 11.6 Å². The van der Waals surface area contributed by atoms with Crippen LogP contribution in [0.1, 0.15) is 15.9 Å². The summed E-state index contributed by atoms with van der Waals surface area (Å²) in [5.41, 5.74) is 0.179. The molecule has 1 heterocycles. The molecule has 0 saturated heterocycles. The van der Waals surface area contributed by atoms with E-state index in [-0.39, 0.29) is 22.6 Å². The minimum atomic E-state index is -0.902. The second-order valence-electron chi connectivity index (χ2n) is 5.53. The number of hydrazone groups is 1. The van der Waals surface area contributed by atoms with Crippen molar-refractivity contribution in [2.45, 2.75) is 0 Å². The number of amides is 1. The van der Waals surface area contributed by atoms with Crippen molar-refractivity contribution in [1.29, 1.82) is 0 Å². The topological polar surface area (TPSA) is 137 Å². The summed E-state index contributed by atoms with van der Waals surface area (Å²) in [5.74, 6) is -1.66. The van der Waals surface area contributed by atoms with Crippen LogP contribution in [0.4, 0.5) is 0 Å². The first-order valence-electron chi connectivity index (χ1n) is 7.84. The second-order valence-corrected chi connectivity index (χ2v) is 5.96. The molecule has 1 aromatic heterocycles. The first-order chi connectivity index (χ1) is 13.4. The van der Waals surface area contributed by atoms with E-state index < -0.39 is 23.0 Å². The van der Waals surface area contributed by atoms with Crippen molar-refractivity contribution >= 4 is 23.7 Å². The lowest BCUT2D eigenvalue weighted by Gasteiger charge is -2.09. The maximum Gasteiger partial charge on any atom is 0.335 e. The largest absolute Gasteiger partial charge is 0.507 e. The number of aromatic amines is 1. The molecule has 0 spiro atoms. The Balaban J connectivity index is 1.94. The van der Waals surface area contributed by atoms with Gasteiger partial charge in [0, 0.05) is 5.02 Å². The Morgan fingerprint density at radius 2 is 1.89 bits per heavy atom. The van der Waals surface area contributed by atoms with Crippen LogP contribution in [-0.4, -0.2) is 31.9 Å². The number of carbonyl (C=O) groups excluding carboxylic acids is 1. The van der Waals surface area contributed by atoms with Gasteiger partial charge in [-0.1, -0.05) is 29.8 Å². The number of aromatic hydroxyl groups is 2. The Hall–Kier alpha value is -3.85. The number of carbonyl (C=O) groups is 1. The van der Waals surface area contributed by atoms with Gasteiger partial charge < -0.3 is 10.2 Å². The molecule has 142 valence electrons. The molecule has 1 amide bonds. The number of rotatable bonds is 4. The summed E-state index contributed by atoms with van der Waals surface area (Å²) in [6.07, 6.45) is 0.881. The zero-order chi connectivity index (χ0) is 20.3. The number of hydrogen-bond acceptors (Lipinski definition) is 6.